The molecule has 35 heavy (non-hydrogen) atoms. The summed E-state index contributed by atoms with van der Waals surface area (Å²) in [5.41, 5.74) is 7.43. The lowest BCUT2D eigenvalue weighted by atomic mass is 9.87. The molecule has 3 N–H and O–H groups in total. The summed E-state index contributed by atoms with van der Waals surface area (Å²) in [6, 6.07) is 3.41. The highest BCUT2D eigenvalue weighted by molar-refractivity contribution is 7.67. The van der Waals surface area contributed by atoms with Gasteiger partial charge in [-0.05, 0) is 69.4 Å². The largest absolute Gasteiger partial charge is 0.463 e. The molecule has 2 aromatic heterocycles. The average Bonchev–Trinajstić information content (AvgIpc) is 3.35. The Morgan fingerprint density at radius 3 is 2.77 bits per heavy atom. The number of thiophene rings is 1. The smallest absolute Gasteiger partial charge is 0.368 e. The van der Waals surface area contributed by atoms with Gasteiger partial charge in [0, 0.05) is 0 Å². The molecule has 1 fully saturated rings. The van der Waals surface area contributed by atoms with Crippen LogP contribution in [-0.2, 0) is 9.09 Å². The summed E-state index contributed by atoms with van der Waals surface area (Å²) >= 11 is 1.25. The predicted octanol–water partition coefficient (Wildman–Crippen LogP) is 5.51. The Kier molecular flexibility index (Phi) is 7.71. The van der Waals surface area contributed by atoms with Gasteiger partial charge in [0.25, 0.3) is 0 Å². The standard InChI is InChI=1S/C25H31N4O4PS/c1-4-7-18(22-25(2,3)32-24-21(29-22)23(26)27-16-28-24)9-5-8-17-11-13-19(14-12-17)33-34(30,31)20-10-6-15-35-20/h4-10,15-17,19H,11-14H2,1-3H3,(H,30,31)(H2,26,27,28)/b7-4-,8-5+,18-9+. The monoisotopic (exact) mass is 514 g/mol. The zero-order chi connectivity index (χ0) is 25.1. The maximum atomic E-state index is 12.5. The van der Waals surface area contributed by atoms with Gasteiger partial charge < -0.3 is 19.9 Å². The summed E-state index contributed by atoms with van der Waals surface area (Å²) in [7, 11) is -3.74. The van der Waals surface area contributed by atoms with E-state index >= 15 is 0 Å². The average molecular weight is 515 g/mol. The molecule has 1 aliphatic carbocycles. The molecule has 0 saturated heterocycles. The van der Waals surface area contributed by atoms with Gasteiger partial charge in [-0.25, -0.2) is 9.98 Å². The van der Waals surface area contributed by atoms with Gasteiger partial charge in [0.05, 0.1) is 11.8 Å². The van der Waals surface area contributed by atoms with Crippen molar-refractivity contribution in [2.45, 2.75) is 58.2 Å². The van der Waals surface area contributed by atoms with E-state index in [-0.39, 0.29) is 11.9 Å². The number of ether oxygens (including phenoxy) is 1. The zero-order valence-corrected chi connectivity index (χ0v) is 21.8. The Hall–Kier alpha value is -2.58. The number of allylic oxidation sites excluding steroid dienone is 5. The van der Waals surface area contributed by atoms with Gasteiger partial charge in [-0.3, -0.25) is 4.57 Å². The lowest BCUT2D eigenvalue weighted by Gasteiger charge is -2.32. The number of nitrogen functional groups attached to an aromatic ring is 1. The summed E-state index contributed by atoms with van der Waals surface area (Å²) in [6.45, 7) is 5.86. The summed E-state index contributed by atoms with van der Waals surface area (Å²) in [4.78, 5) is 23.2. The molecule has 0 aromatic carbocycles. The second-order valence-corrected chi connectivity index (χ2v) is 12.1. The van der Waals surface area contributed by atoms with Gasteiger partial charge in [0.15, 0.2) is 11.5 Å². The Bertz CT molecular complexity index is 1210. The topological polar surface area (TPSA) is 120 Å². The minimum absolute atomic E-state index is 0.200. The van der Waals surface area contributed by atoms with E-state index in [0.717, 1.165) is 37.0 Å². The number of nitrogens with two attached hydrogens (primary N) is 1. The van der Waals surface area contributed by atoms with Crippen LogP contribution in [0.5, 0.6) is 5.88 Å². The van der Waals surface area contributed by atoms with Crippen LogP contribution in [0.15, 0.2) is 64.8 Å². The molecule has 10 heteroatoms. The van der Waals surface area contributed by atoms with E-state index < -0.39 is 13.2 Å². The van der Waals surface area contributed by atoms with Crippen molar-refractivity contribution in [3.8, 4) is 5.88 Å². The number of aliphatic imine (C=N–C) groups is 1. The van der Waals surface area contributed by atoms with E-state index in [1.807, 2.05) is 45.1 Å². The van der Waals surface area contributed by atoms with Gasteiger partial charge in [-0.2, -0.15) is 4.98 Å². The maximum Gasteiger partial charge on any atom is 0.368 e. The number of fused-ring (bicyclic) bond motifs is 1. The molecule has 1 atom stereocenters. The van der Waals surface area contributed by atoms with Crippen molar-refractivity contribution < 1.29 is 18.7 Å². The van der Waals surface area contributed by atoms with Crippen molar-refractivity contribution in [2.75, 3.05) is 5.73 Å². The van der Waals surface area contributed by atoms with Gasteiger partial charge >= 0.3 is 7.60 Å². The quantitative estimate of drug-likeness (QED) is 0.369. The number of hydrogen-bond donors (Lipinski definition) is 2. The van der Waals surface area contributed by atoms with E-state index in [2.05, 4.69) is 16.0 Å². The third-order valence-corrected chi connectivity index (χ3v) is 9.01. The Balaban J connectivity index is 1.43. The number of anilines is 1. The van der Waals surface area contributed by atoms with E-state index in [9.17, 15) is 9.46 Å². The van der Waals surface area contributed by atoms with E-state index in [4.69, 9.17) is 20.0 Å². The molecule has 1 unspecified atom stereocenters. The molecule has 186 valence electrons. The molecule has 0 bridgehead atoms. The van der Waals surface area contributed by atoms with Crippen LogP contribution >= 0.6 is 18.9 Å². The third kappa shape index (κ3) is 5.98. The normalized spacial score (nSPS) is 24.1. The molecular weight excluding hydrogens is 483 g/mol. The molecule has 0 radical (unpaired) electrons. The maximum absolute atomic E-state index is 12.5. The minimum atomic E-state index is -3.74. The summed E-state index contributed by atoms with van der Waals surface area (Å²) in [6.07, 6.45) is 14.7. The van der Waals surface area contributed by atoms with Gasteiger partial charge in [0.2, 0.25) is 5.88 Å². The van der Waals surface area contributed by atoms with Gasteiger partial charge in [0.1, 0.15) is 16.5 Å². The van der Waals surface area contributed by atoms with Crippen molar-refractivity contribution in [3.05, 3.63) is 59.8 Å². The first kappa shape index (κ1) is 25.5. The highest BCUT2D eigenvalue weighted by Gasteiger charge is 2.35. The Morgan fingerprint density at radius 1 is 1.31 bits per heavy atom. The van der Waals surface area contributed by atoms with Crippen molar-refractivity contribution in [1.29, 1.82) is 0 Å². The highest BCUT2D eigenvalue weighted by Crippen LogP contribution is 2.46. The second kappa shape index (κ2) is 10.6. The number of aromatic nitrogens is 2. The first-order valence-corrected chi connectivity index (χ1v) is 14.1. The fourth-order valence-corrected chi connectivity index (χ4v) is 6.58. The lowest BCUT2D eigenvalue weighted by Crippen LogP contribution is -2.41. The van der Waals surface area contributed by atoms with Crippen molar-refractivity contribution in [2.24, 2.45) is 10.9 Å². The first-order valence-electron chi connectivity index (χ1n) is 11.6. The minimum Gasteiger partial charge on any atom is -0.463 e. The van der Waals surface area contributed by atoms with Crippen LogP contribution in [0.2, 0.25) is 0 Å². The fraction of sp³-hybridized carbons (Fsp3) is 0.400. The number of rotatable bonds is 7. The van der Waals surface area contributed by atoms with Crippen LogP contribution in [0, 0.1) is 5.92 Å². The highest BCUT2D eigenvalue weighted by atomic mass is 32.1. The molecule has 2 aliphatic rings. The molecule has 1 aliphatic heterocycles. The zero-order valence-electron chi connectivity index (χ0n) is 20.1. The van der Waals surface area contributed by atoms with Crippen molar-refractivity contribution in [3.63, 3.8) is 0 Å². The van der Waals surface area contributed by atoms with E-state index in [0.29, 0.717) is 22.1 Å². The SMILES string of the molecule is C\C=C/C(=C\C=C\C1CCC(OP(=O)(O)c2cccs2)CC1)C1=Nc2c(N)ncnc2OC1(C)C. The summed E-state index contributed by atoms with van der Waals surface area (Å²) in [5.74, 6) is 1.04. The Morgan fingerprint density at radius 2 is 2.09 bits per heavy atom. The van der Waals surface area contributed by atoms with Crippen molar-refractivity contribution in [1.82, 2.24) is 9.97 Å². The van der Waals surface area contributed by atoms with Crippen LogP contribution < -0.4 is 15.1 Å². The molecular formula is C25H31N4O4PS. The summed E-state index contributed by atoms with van der Waals surface area (Å²) < 4.78 is 24.6. The number of nitrogens with zero attached hydrogens (tertiary/aromatic N) is 3. The summed E-state index contributed by atoms with van der Waals surface area (Å²) in [5, 5.41) is 1.78. The van der Waals surface area contributed by atoms with E-state index in [1.54, 1.807) is 17.5 Å². The predicted molar refractivity (Wildman–Crippen MR) is 141 cm³/mol. The van der Waals surface area contributed by atoms with Gasteiger partial charge in [-0.1, -0.05) is 36.4 Å². The van der Waals surface area contributed by atoms with E-state index in [1.165, 1.54) is 17.7 Å². The molecule has 1 saturated carbocycles. The molecule has 2 aromatic rings. The fourth-order valence-electron chi connectivity index (χ4n) is 4.28. The molecule has 3 heterocycles. The van der Waals surface area contributed by atoms with Crippen LogP contribution in [0.25, 0.3) is 0 Å². The van der Waals surface area contributed by atoms with Crippen LogP contribution in [0.3, 0.4) is 0 Å². The third-order valence-electron chi connectivity index (χ3n) is 6.04. The van der Waals surface area contributed by atoms with Crippen molar-refractivity contribution >= 4 is 40.8 Å². The lowest BCUT2D eigenvalue weighted by molar-refractivity contribution is 0.128. The van der Waals surface area contributed by atoms with Gasteiger partial charge in [-0.15, -0.1) is 11.3 Å². The van der Waals surface area contributed by atoms with Crippen LogP contribution in [-0.4, -0.2) is 32.3 Å². The number of hydrogen-bond acceptors (Lipinski definition) is 8. The molecule has 4 rings (SSSR count). The molecule has 0 amide bonds. The molecule has 0 spiro atoms. The second-order valence-electron chi connectivity index (χ2n) is 9.11. The molecule has 8 nitrogen and oxygen atoms in total. The van der Waals surface area contributed by atoms with Crippen LogP contribution in [0.1, 0.15) is 46.5 Å². The Labute approximate surface area is 209 Å². The first-order chi connectivity index (χ1) is 16.7. The van der Waals surface area contributed by atoms with Crippen LogP contribution in [0.4, 0.5) is 11.5 Å².